The van der Waals surface area contributed by atoms with E-state index in [4.69, 9.17) is 9.47 Å². The first-order valence-electron chi connectivity index (χ1n) is 9.19. The summed E-state index contributed by atoms with van der Waals surface area (Å²) in [7, 11) is 0. The molecular weight excluding hydrogens is 378 g/mol. The van der Waals surface area contributed by atoms with E-state index in [1.807, 2.05) is 34.5 Å². The summed E-state index contributed by atoms with van der Waals surface area (Å²) in [5, 5.41) is 13.1. The van der Waals surface area contributed by atoms with Gasteiger partial charge < -0.3 is 14.8 Å². The summed E-state index contributed by atoms with van der Waals surface area (Å²) in [5.74, 6) is 1.18. The van der Waals surface area contributed by atoms with E-state index in [2.05, 4.69) is 20.7 Å². The largest absolute Gasteiger partial charge is 0.454 e. The van der Waals surface area contributed by atoms with Crippen molar-refractivity contribution < 1.29 is 14.3 Å². The normalized spacial score (nSPS) is 18.2. The van der Waals surface area contributed by atoms with E-state index in [-0.39, 0.29) is 12.7 Å². The number of anilines is 1. The molecule has 0 spiro atoms. The zero-order valence-electron chi connectivity index (χ0n) is 15.1. The van der Waals surface area contributed by atoms with Gasteiger partial charge in [0, 0.05) is 23.7 Å². The summed E-state index contributed by atoms with van der Waals surface area (Å²) in [6.07, 6.45) is 4.06. The lowest BCUT2D eigenvalue weighted by Gasteiger charge is -2.22. The van der Waals surface area contributed by atoms with Crippen molar-refractivity contribution in [1.82, 2.24) is 20.1 Å². The fraction of sp³-hybridized carbons (Fsp3) is 0.316. The topological polar surface area (TPSA) is 90.3 Å². The van der Waals surface area contributed by atoms with Crippen LogP contribution in [0.1, 0.15) is 29.4 Å². The molecular formula is C19H19N5O3S. The van der Waals surface area contributed by atoms with Gasteiger partial charge in [0.2, 0.25) is 6.79 Å². The van der Waals surface area contributed by atoms with Crippen LogP contribution >= 0.6 is 11.3 Å². The number of nitrogens with zero attached hydrogens (tertiary/aromatic N) is 3. The molecule has 9 heteroatoms. The number of benzene rings is 1. The molecule has 28 heavy (non-hydrogen) atoms. The zero-order chi connectivity index (χ0) is 18.9. The maximum absolute atomic E-state index is 12.5. The van der Waals surface area contributed by atoms with Crippen molar-refractivity contribution in [3.05, 3.63) is 41.5 Å². The van der Waals surface area contributed by atoms with Crippen LogP contribution in [-0.2, 0) is 0 Å². The van der Waals surface area contributed by atoms with Gasteiger partial charge in [-0.15, -0.1) is 11.3 Å². The van der Waals surface area contributed by atoms with E-state index >= 15 is 0 Å². The standard InChI is InChI=1S/C19H19N5O3S/c25-18(14-5-7-24(23-14)13-2-1-6-20-9-13)22-19-21-15(10-28-19)12-3-4-16-17(8-12)27-11-26-16/h3-5,7-8,10,13,20H,1-2,6,9,11H2,(H,21,22,25). The van der Waals surface area contributed by atoms with Gasteiger partial charge in [-0.25, -0.2) is 4.98 Å². The second-order valence-corrected chi connectivity index (χ2v) is 7.60. The fourth-order valence-electron chi connectivity index (χ4n) is 3.40. The fourth-order valence-corrected chi connectivity index (χ4v) is 4.12. The quantitative estimate of drug-likeness (QED) is 0.704. The van der Waals surface area contributed by atoms with E-state index in [0.29, 0.717) is 22.6 Å². The number of amides is 1. The summed E-state index contributed by atoms with van der Waals surface area (Å²) in [5.41, 5.74) is 2.08. The van der Waals surface area contributed by atoms with Crippen LogP contribution in [0.15, 0.2) is 35.8 Å². The Hall–Kier alpha value is -2.91. The maximum atomic E-state index is 12.5. The van der Waals surface area contributed by atoms with Gasteiger partial charge in [-0.1, -0.05) is 0 Å². The highest BCUT2D eigenvalue weighted by Crippen LogP contribution is 2.36. The van der Waals surface area contributed by atoms with Crippen molar-refractivity contribution >= 4 is 22.4 Å². The van der Waals surface area contributed by atoms with Crippen LogP contribution in [0, 0.1) is 0 Å². The van der Waals surface area contributed by atoms with Crippen LogP contribution in [0.3, 0.4) is 0 Å². The van der Waals surface area contributed by atoms with Gasteiger partial charge in [0.05, 0.1) is 11.7 Å². The van der Waals surface area contributed by atoms with Gasteiger partial charge in [0.25, 0.3) is 5.91 Å². The predicted molar refractivity (Wildman–Crippen MR) is 105 cm³/mol. The van der Waals surface area contributed by atoms with Crippen LogP contribution in [0.5, 0.6) is 11.5 Å². The molecule has 144 valence electrons. The highest BCUT2D eigenvalue weighted by atomic mass is 32.1. The first kappa shape index (κ1) is 17.2. The average molecular weight is 397 g/mol. The lowest BCUT2D eigenvalue weighted by Crippen LogP contribution is -2.32. The average Bonchev–Trinajstić information content (AvgIpc) is 3.48. The van der Waals surface area contributed by atoms with Crippen molar-refractivity contribution in [2.75, 3.05) is 25.2 Å². The molecule has 0 saturated carbocycles. The Bertz CT molecular complexity index is 1010. The van der Waals surface area contributed by atoms with Crippen molar-refractivity contribution in [3.63, 3.8) is 0 Å². The van der Waals surface area contributed by atoms with Gasteiger partial charge in [0.1, 0.15) is 0 Å². The van der Waals surface area contributed by atoms with Crippen LogP contribution in [-0.4, -0.2) is 40.6 Å². The lowest BCUT2D eigenvalue weighted by atomic mass is 10.1. The van der Waals surface area contributed by atoms with Crippen molar-refractivity contribution in [2.45, 2.75) is 18.9 Å². The third-order valence-electron chi connectivity index (χ3n) is 4.88. The van der Waals surface area contributed by atoms with Gasteiger partial charge in [0.15, 0.2) is 22.3 Å². The summed E-state index contributed by atoms with van der Waals surface area (Å²) in [6.45, 7) is 2.16. The minimum atomic E-state index is -0.255. The van der Waals surface area contributed by atoms with Gasteiger partial charge in [-0.2, -0.15) is 5.10 Å². The van der Waals surface area contributed by atoms with Gasteiger partial charge >= 0.3 is 0 Å². The SMILES string of the molecule is O=C(Nc1nc(-c2ccc3c(c2)OCO3)cs1)c1ccn(C2CCCNC2)n1. The molecule has 3 aromatic rings. The number of carbonyl (C=O) groups is 1. The van der Waals surface area contributed by atoms with Crippen LogP contribution in [0.4, 0.5) is 5.13 Å². The number of ether oxygens (including phenoxy) is 2. The molecule has 1 unspecified atom stereocenters. The minimum Gasteiger partial charge on any atom is -0.454 e. The highest BCUT2D eigenvalue weighted by Gasteiger charge is 2.19. The Labute approximate surface area is 165 Å². The summed E-state index contributed by atoms with van der Waals surface area (Å²) in [6, 6.07) is 7.72. The molecule has 1 atom stereocenters. The molecule has 8 nitrogen and oxygen atoms in total. The number of rotatable bonds is 4. The smallest absolute Gasteiger partial charge is 0.277 e. The molecule has 5 rings (SSSR count). The zero-order valence-corrected chi connectivity index (χ0v) is 15.9. The second-order valence-electron chi connectivity index (χ2n) is 6.74. The molecule has 2 aromatic heterocycles. The molecule has 1 aromatic carbocycles. The molecule has 1 fully saturated rings. The molecule has 1 amide bonds. The summed E-state index contributed by atoms with van der Waals surface area (Å²) < 4.78 is 12.6. The lowest BCUT2D eigenvalue weighted by molar-refractivity contribution is 0.102. The Kier molecular flexibility index (Phi) is 4.46. The van der Waals surface area contributed by atoms with E-state index < -0.39 is 0 Å². The Morgan fingerprint density at radius 3 is 3.11 bits per heavy atom. The Balaban J connectivity index is 1.28. The van der Waals surface area contributed by atoms with Crippen molar-refractivity contribution in [2.24, 2.45) is 0 Å². The molecule has 1 saturated heterocycles. The number of hydrogen-bond acceptors (Lipinski definition) is 7. The minimum absolute atomic E-state index is 0.237. The summed E-state index contributed by atoms with van der Waals surface area (Å²) >= 11 is 1.38. The number of carbonyl (C=O) groups excluding carboxylic acids is 1. The van der Waals surface area contributed by atoms with E-state index in [0.717, 1.165) is 42.9 Å². The number of piperidine rings is 1. The van der Waals surface area contributed by atoms with Crippen LogP contribution in [0.2, 0.25) is 0 Å². The summed E-state index contributed by atoms with van der Waals surface area (Å²) in [4.78, 5) is 17.1. The van der Waals surface area contributed by atoms with Crippen molar-refractivity contribution in [3.8, 4) is 22.8 Å². The van der Waals surface area contributed by atoms with Crippen LogP contribution < -0.4 is 20.1 Å². The number of thiazole rings is 1. The molecule has 0 aliphatic carbocycles. The number of hydrogen-bond donors (Lipinski definition) is 2. The predicted octanol–water partition coefficient (Wildman–Crippen LogP) is 2.91. The Morgan fingerprint density at radius 2 is 2.21 bits per heavy atom. The van der Waals surface area contributed by atoms with Crippen molar-refractivity contribution in [1.29, 1.82) is 0 Å². The third kappa shape index (κ3) is 3.34. The molecule has 0 radical (unpaired) electrons. The molecule has 2 N–H and O–H groups in total. The van der Waals surface area contributed by atoms with Gasteiger partial charge in [-0.05, 0) is 43.7 Å². The molecule has 4 heterocycles. The molecule has 0 bridgehead atoms. The second kappa shape index (κ2) is 7.25. The third-order valence-corrected chi connectivity index (χ3v) is 5.64. The highest BCUT2D eigenvalue weighted by molar-refractivity contribution is 7.14. The number of aromatic nitrogens is 3. The number of nitrogens with one attached hydrogen (secondary N) is 2. The first-order valence-corrected chi connectivity index (χ1v) is 10.1. The monoisotopic (exact) mass is 397 g/mol. The van der Waals surface area contributed by atoms with Crippen LogP contribution in [0.25, 0.3) is 11.3 Å². The first-order chi connectivity index (χ1) is 13.8. The number of fused-ring (bicyclic) bond motifs is 1. The molecule has 2 aliphatic rings. The van der Waals surface area contributed by atoms with E-state index in [9.17, 15) is 4.79 Å². The van der Waals surface area contributed by atoms with E-state index in [1.165, 1.54) is 11.3 Å². The molecule has 2 aliphatic heterocycles. The van der Waals surface area contributed by atoms with Gasteiger partial charge in [-0.3, -0.25) is 14.8 Å². The van der Waals surface area contributed by atoms with E-state index in [1.54, 1.807) is 6.07 Å². The maximum Gasteiger partial charge on any atom is 0.277 e. The Morgan fingerprint density at radius 1 is 1.29 bits per heavy atom.